The van der Waals surface area contributed by atoms with Gasteiger partial charge in [0.2, 0.25) is 0 Å². The van der Waals surface area contributed by atoms with E-state index in [1.165, 1.54) is 0 Å². The molecule has 0 amide bonds. The van der Waals surface area contributed by atoms with Crippen molar-refractivity contribution in [2.45, 2.75) is 77.8 Å². The van der Waals surface area contributed by atoms with Gasteiger partial charge in [-0.3, -0.25) is 0 Å². The Hall–Kier alpha value is -1.99. The van der Waals surface area contributed by atoms with Crippen LogP contribution in [0.5, 0.6) is 11.5 Å². The molecular formula is C26H36B2O6. The van der Waals surface area contributed by atoms with E-state index in [4.69, 9.17) is 28.1 Å². The van der Waals surface area contributed by atoms with Crippen LogP contribution in [-0.4, -0.2) is 50.9 Å². The topological polar surface area (TPSA) is 55.4 Å². The van der Waals surface area contributed by atoms with Gasteiger partial charge in [-0.1, -0.05) is 24.3 Å². The van der Waals surface area contributed by atoms with E-state index in [0.29, 0.717) is 0 Å². The third kappa shape index (κ3) is 4.15. The molecule has 2 saturated heterocycles. The summed E-state index contributed by atoms with van der Waals surface area (Å²) in [5.74, 6) is 1.45. The van der Waals surface area contributed by atoms with Gasteiger partial charge < -0.3 is 28.1 Å². The van der Waals surface area contributed by atoms with Gasteiger partial charge in [0.1, 0.15) is 11.5 Å². The van der Waals surface area contributed by atoms with E-state index >= 15 is 0 Å². The molecule has 0 spiro atoms. The van der Waals surface area contributed by atoms with Gasteiger partial charge in [0, 0.05) is 11.1 Å². The molecule has 0 unspecified atom stereocenters. The Morgan fingerprint density at radius 3 is 1.09 bits per heavy atom. The summed E-state index contributed by atoms with van der Waals surface area (Å²) in [6.07, 6.45) is 0. The second-order valence-corrected chi connectivity index (χ2v) is 11.1. The largest absolute Gasteiger partial charge is 0.496 e. The molecule has 6 nitrogen and oxygen atoms in total. The van der Waals surface area contributed by atoms with E-state index in [-0.39, 0.29) is 0 Å². The van der Waals surface area contributed by atoms with Crippen LogP contribution in [0.4, 0.5) is 0 Å². The first-order chi connectivity index (χ1) is 15.7. The third-order valence-electron chi connectivity index (χ3n) is 7.79. The quantitative estimate of drug-likeness (QED) is 0.622. The monoisotopic (exact) mass is 466 g/mol. The SMILES string of the molecule is COc1ccc(B2OC(C)(C)C(C)(C)O2)cc1-c1cc(B2OC(C)(C)C(C)(C)O2)ccc1OC. The first kappa shape index (κ1) is 25.1. The molecule has 0 aliphatic carbocycles. The maximum absolute atomic E-state index is 6.29. The summed E-state index contributed by atoms with van der Waals surface area (Å²) in [5.41, 5.74) is 1.89. The van der Waals surface area contributed by atoms with Gasteiger partial charge in [-0.2, -0.15) is 0 Å². The van der Waals surface area contributed by atoms with Gasteiger partial charge in [-0.05, 0) is 78.4 Å². The molecule has 182 valence electrons. The van der Waals surface area contributed by atoms with Crippen LogP contribution in [0.15, 0.2) is 36.4 Å². The molecule has 4 rings (SSSR count). The number of rotatable bonds is 5. The Labute approximate surface area is 204 Å². The lowest BCUT2D eigenvalue weighted by molar-refractivity contribution is 0.00578. The van der Waals surface area contributed by atoms with E-state index in [0.717, 1.165) is 33.6 Å². The third-order valence-corrected chi connectivity index (χ3v) is 7.79. The summed E-state index contributed by atoms with van der Waals surface area (Å²) in [6, 6.07) is 11.9. The normalized spacial score (nSPS) is 22.2. The fourth-order valence-electron chi connectivity index (χ4n) is 4.12. The summed E-state index contributed by atoms with van der Waals surface area (Å²) >= 11 is 0. The van der Waals surface area contributed by atoms with E-state index in [1.54, 1.807) is 14.2 Å². The summed E-state index contributed by atoms with van der Waals surface area (Å²) in [7, 11) is 2.37. The number of hydrogen-bond acceptors (Lipinski definition) is 6. The zero-order chi connectivity index (χ0) is 25.1. The van der Waals surface area contributed by atoms with Gasteiger partial charge >= 0.3 is 14.2 Å². The summed E-state index contributed by atoms with van der Waals surface area (Å²) in [6.45, 7) is 16.4. The Morgan fingerprint density at radius 2 is 0.824 bits per heavy atom. The fourth-order valence-corrected chi connectivity index (χ4v) is 4.12. The van der Waals surface area contributed by atoms with Crippen LogP contribution in [0.3, 0.4) is 0 Å². The summed E-state index contributed by atoms with van der Waals surface area (Å²) < 4.78 is 36.6. The van der Waals surface area contributed by atoms with Crippen LogP contribution in [0.2, 0.25) is 0 Å². The maximum atomic E-state index is 6.29. The number of benzene rings is 2. The second kappa shape index (κ2) is 8.30. The molecule has 34 heavy (non-hydrogen) atoms. The van der Waals surface area contributed by atoms with Crippen LogP contribution in [0.1, 0.15) is 55.4 Å². The maximum Gasteiger partial charge on any atom is 0.494 e. The molecule has 2 fully saturated rings. The van der Waals surface area contributed by atoms with E-state index in [1.807, 2.05) is 36.4 Å². The number of ether oxygens (including phenoxy) is 2. The van der Waals surface area contributed by atoms with Crippen molar-refractivity contribution in [3.63, 3.8) is 0 Å². The predicted molar refractivity (Wildman–Crippen MR) is 136 cm³/mol. The molecule has 0 aromatic heterocycles. The average molecular weight is 466 g/mol. The molecule has 0 N–H and O–H groups in total. The lowest BCUT2D eigenvalue weighted by Crippen LogP contribution is -2.41. The van der Waals surface area contributed by atoms with Crippen LogP contribution in [0, 0.1) is 0 Å². The molecule has 2 aliphatic rings. The molecule has 0 radical (unpaired) electrons. The molecule has 0 bridgehead atoms. The zero-order valence-electron chi connectivity index (χ0n) is 22.1. The molecule has 2 aromatic carbocycles. The van der Waals surface area contributed by atoms with Crippen LogP contribution in [0.25, 0.3) is 11.1 Å². The Kier molecular flexibility index (Phi) is 6.13. The minimum Gasteiger partial charge on any atom is -0.496 e. The van der Waals surface area contributed by atoms with Crippen LogP contribution < -0.4 is 20.4 Å². The van der Waals surface area contributed by atoms with Crippen molar-refractivity contribution in [2.24, 2.45) is 0 Å². The second-order valence-electron chi connectivity index (χ2n) is 11.1. The van der Waals surface area contributed by atoms with Crippen molar-refractivity contribution in [2.75, 3.05) is 14.2 Å². The fraction of sp³-hybridized carbons (Fsp3) is 0.538. The van der Waals surface area contributed by atoms with E-state index in [9.17, 15) is 0 Å². The van der Waals surface area contributed by atoms with Crippen molar-refractivity contribution in [1.29, 1.82) is 0 Å². The van der Waals surface area contributed by atoms with E-state index in [2.05, 4.69) is 55.4 Å². The molecule has 0 atom stereocenters. The van der Waals surface area contributed by atoms with Crippen molar-refractivity contribution < 1.29 is 28.1 Å². The molecule has 2 heterocycles. The van der Waals surface area contributed by atoms with Gasteiger partial charge in [0.15, 0.2) is 0 Å². The lowest BCUT2D eigenvalue weighted by Gasteiger charge is -2.32. The van der Waals surface area contributed by atoms with Gasteiger partial charge in [0.25, 0.3) is 0 Å². The van der Waals surface area contributed by atoms with Crippen molar-refractivity contribution in [3.8, 4) is 22.6 Å². The van der Waals surface area contributed by atoms with E-state index < -0.39 is 36.6 Å². The number of methoxy groups -OCH3 is 2. The highest BCUT2D eigenvalue weighted by Crippen LogP contribution is 2.40. The van der Waals surface area contributed by atoms with Crippen molar-refractivity contribution in [3.05, 3.63) is 36.4 Å². The Morgan fingerprint density at radius 1 is 0.529 bits per heavy atom. The molecular weight excluding hydrogens is 430 g/mol. The standard InChI is InChI=1S/C26H36B2O6/c1-23(2)24(3,4)32-27(31-23)17-11-13-21(29-9)19(15-17)20-16-18(12-14-22(20)30-10)28-33-25(5,6)26(7,8)34-28/h11-16H,1-10H3. The van der Waals surface area contributed by atoms with Gasteiger partial charge in [-0.15, -0.1) is 0 Å². The lowest BCUT2D eigenvalue weighted by atomic mass is 9.75. The molecule has 8 heteroatoms. The Bertz CT molecular complexity index is 961. The minimum atomic E-state index is -0.480. The van der Waals surface area contributed by atoms with Crippen molar-refractivity contribution >= 4 is 25.2 Å². The zero-order valence-corrected chi connectivity index (χ0v) is 22.1. The van der Waals surface area contributed by atoms with Crippen molar-refractivity contribution in [1.82, 2.24) is 0 Å². The summed E-state index contributed by atoms with van der Waals surface area (Å²) in [5, 5.41) is 0. The van der Waals surface area contributed by atoms with Crippen LogP contribution >= 0.6 is 0 Å². The Balaban J connectivity index is 1.77. The smallest absolute Gasteiger partial charge is 0.494 e. The highest BCUT2D eigenvalue weighted by atomic mass is 16.7. The minimum absolute atomic E-state index is 0.424. The first-order valence-electron chi connectivity index (χ1n) is 11.8. The molecule has 2 aliphatic heterocycles. The summed E-state index contributed by atoms with van der Waals surface area (Å²) in [4.78, 5) is 0. The van der Waals surface area contributed by atoms with Crippen LogP contribution in [-0.2, 0) is 18.6 Å². The number of hydrogen-bond donors (Lipinski definition) is 0. The molecule has 2 aromatic rings. The van der Waals surface area contributed by atoms with Gasteiger partial charge in [0.05, 0.1) is 36.6 Å². The highest BCUT2D eigenvalue weighted by Gasteiger charge is 2.53. The highest BCUT2D eigenvalue weighted by molar-refractivity contribution is 6.63. The predicted octanol–water partition coefficient (Wildman–Crippen LogP) is 3.97. The molecule has 0 saturated carbocycles. The average Bonchev–Trinajstić information content (AvgIpc) is 3.12. The van der Waals surface area contributed by atoms with Gasteiger partial charge in [-0.25, -0.2) is 0 Å². The first-order valence-corrected chi connectivity index (χ1v) is 11.8.